The summed E-state index contributed by atoms with van der Waals surface area (Å²) in [5.41, 5.74) is 2.16. The van der Waals surface area contributed by atoms with E-state index in [1.165, 1.54) is 25.6 Å². The quantitative estimate of drug-likeness (QED) is 0.447. The Labute approximate surface area is 195 Å². The van der Waals surface area contributed by atoms with Gasteiger partial charge in [0.05, 0.1) is 40.6 Å². The smallest absolute Gasteiger partial charge is 0.310 e. The van der Waals surface area contributed by atoms with Crippen molar-refractivity contribution >= 4 is 28.3 Å². The molecule has 1 N–H and O–H groups in total. The van der Waals surface area contributed by atoms with Gasteiger partial charge in [-0.15, -0.1) is 11.3 Å². The highest BCUT2D eigenvalue weighted by atomic mass is 32.1. The summed E-state index contributed by atoms with van der Waals surface area (Å²) in [6.45, 7) is -0.419. The molecule has 1 amide bonds. The molecular weight excluding hydrogens is 448 g/mol. The second-order valence-corrected chi connectivity index (χ2v) is 7.54. The Bertz CT molecular complexity index is 1130. The molecular formula is C23H24N2O7S. The van der Waals surface area contributed by atoms with Gasteiger partial charge in [0.25, 0.3) is 5.91 Å². The van der Waals surface area contributed by atoms with E-state index in [0.29, 0.717) is 39.4 Å². The Hall–Kier alpha value is -3.79. The first-order valence-corrected chi connectivity index (χ1v) is 10.7. The lowest BCUT2D eigenvalue weighted by Crippen LogP contribution is -2.21. The first-order valence-electron chi connectivity index (χ1n) is 9.81. The second kappa shape index (κ2) is 11.2. The molecule has 0 aliphatic heterocycles. The van der Waals surface area contributed by atoms with E-state index in [1.807, 2.05) is 6.07 Å². The number of carbonyl (C=O) groups excluding carboxylic acids is 2. The van der Waals surface area contributed by atoms with E-state index in [1.54, 1.807) is 49.9 Å². The fourth-order valence-electron chi connectivity index (χ4n) is 2.97. The number of hydrogen-bond acceptors (Lipinski definition) is 9. The van der Waals surface area contributed by atoms with Gasteiger partial charge < -0.3 is 23.7 Å². The normalized spacial score (nSPS) is 10.3. The number of nitrogens with one attached hydrogen (secondary N) is 1. The Balaban J connectivity index is 1.53. The van der Waals surface area contributed by atoms with Crippen LogP contribution >= 0.6 is 11.3 Å². The highest BCUT2D eigenvalue weighted by molar-refractivity contribution is 7.14. The first kappa shape index (κ1) is 23.9. The predicted octanol–water partition coefficient (Wildman–Crippen LogP) is 3.57. The first-order chi connectivity index (χ1) is 16.0. The van der Waals surface area contributed by atoms with Crippen LogP contribution in [0.5, 0.6) is 23.0 Å². The van der Waals surface area contributed by atoms with Gasteiger partial charge in [0.1, 0.15) is 0 Å². The highest BCUT2D eigenvalue weighted by Crippen LogP contribution is 2.33. The molecule has 1 heterocycles. The Morgan fingerprint density at radius 3 is 2.18 bits per heavy atom. The predicted molar refractivity (Wildman–Crippen MR) is 123 cm³/mol. The Morgan fingerprint density at radius 2 is 1.52 bits per heavy atom. The van der Waals surface area contributed by atoms with Gasteiger partial charge in [0, 0.05) is 10.9 Å². The number of esters is 1. The second-order valence-electron chi connectivity index (χ2n) is 6.68. The van der Waals surface area contributed by atoms with Gasteiger partial charge in [-0.2, -0.15) is 0 Å². The van der Waals surface area contributed by atoms with Gasteiger partial charge in [-0.05, 0) is 35.9 Å². The summed E-state index contributed by atoms with van der Waals surface area (Å²) in [5.74, 6) is 1.24. The summed E-state index contributed by atoms with van der Waals surface area (Å²) in [5, 5.41) is 4.83. The van der Waals surface area contributed by atoms with Crippen LogP contribution < -0.4 is 24.3 Å². The van der Waals surface area contributed by atoms with Crippen LogP contribution in [0.25, 0.3) is 11.3 Å². The molecule has 10 heteroatoms. The molecule has 2 aromatic carbocycles. The van der Waals surface area contributed by atoms with Crippen molar-refractivity contribution in [2.24, 2.45) is 0 Å². The number of ether oxygens (including phenoxy) is 5. The average molecular weight is 473 g/mol. The van der Waals surface area contributed by atoms with E-state index in [0.717, 1.165) is 5.56 Å². The molecule has 174 valence electrons. The van der Waals surface area contributed by atoms with Crippen molar-refractivity contribution < 1.29 is 33.3 Å². The maximum Gasteiger partial charge on any atom is 0.310 e. The molecule has 0 radical (unpaired) electrons. The van der Waals surface area contributed by atoms with Gasteiger partial charge >= 0.3 is 5.97 Å². The number of hydrogen-bond donors (Lipinski definition) is 1. The third-order valence-corrected chi connectivity index (χ3v) is 5.35. The minimum Gasteiger partial charge on any atom is -0.493 e. The molecule has 33 heavy (non-hydrogen) atoms. The molecule has 0 aliphatic carbocycles. The van der Waals surface area contributed by atoms with Gasteiger partial charge in [0.2, 0.25) is 0 Å². The zero-order chi connectivity index (χ0) is 23.8. The maximum atomic E-state index is 12.2. The number of rotatable bonds is 10. The number of amides is 1. The number of aromatic nitrogens is 1. The van der Waals surface area contributed by atoms with Crippen molar-refractivity contribution in [3.8, 4) is 34.3 Å². The van der Waals surface area contributed by atoms with Crippen molar-refractivity contribution in [1.29, 1.82) is 0 Å². The molecule has 0 aliphatic rings. The topological polar surface area (TPSA) is 105 Å². The average Bonchev–Trinajstić information content (AvgIpc) is 3.30. The molecule has 3 aromatic rings. The van der Waals surface area contributed by atoms with Crippen molar-refractivity contribution in [2.75, 3.05) is 40.4 Å². The van der Waals surface area contributed by atoms with E-state index in [-0.39, 0.29) is 6.42 Å². The molecule has 0 fully saturated rings. The molecule has 3 rings (SSSR count). The van der Waals surface area contributed by atoms with Gasteiger partial charge in [-0.25, -0.2) is 4.98 Å². The summed E-state index contributed by atoms with van der Waals surface area (Å²) in [7, 11) is 6.17. The lowest BCUT2D eigenvalue weighted by Gasteiger charge is -2.09. The van der Waals surface area contributed by atoms with Crippen LogP contribution in [0.15, 0.2) is 41.8 Å². The van der Waals surface area contributed by atoms with E-state index < -0.39 is 18.5 Å². The number of anilines is 1. The molecule has 0 bridgehead atoms. The van der Waals surface area contributed by atoms with E-state index >= 15 is 0 Å². The standard InChI is InChI=1S/C23H24N2O7S/c1-28-17-7-5-14(9-19(17)30-3)10-22(27)32-12-21(26)25-23-24-16(13-33-23)15-6-8-18(29-2)20(11-15)31-4/h5-9,11,13H,10,12H2,1-4H3,(H,24,25,26). The lowest BCUT2D eigenvalue weighted by atomic mass is 10.1. The van der Waals surface area contributed by atoms with Crippen LogP contribution in [-0.2, 0) is 20.7 Å². The molecule has 0 saturated carbocycles. The summed E-state index contributed by atoms with van der Waals surface area (Å²) >= 11 is 1.26. The molecule has 0 saturated heterocycles. The van der Waals surface area contributed by atoms with Crippen molar-refractivity contribution in [3.63, 3.8) is 0 Å². The molecule has 0 unspecified atom stereocenters. The summed E-state index contributed by atoms with van der Waals surface area (Å²) in [6.07, 6.45) is -0.00562. The van der Waals surface area contributed by atoms with Crippen molar-refractivity contribution in [1.82, 2.24) is 4.98 Å². The van der Waals surface area contributed by atoms with Crippen LogP contribution in [0.1, 0.15) is 5.56 Å². The van der Waals surface area contributed by atoms with Gasteiger partial charge in [0.15, 0.2) is 34.7 Å². The fraction of sp³-hybridized carbons (Fsp3) is 0.261. The largest absolute Gasteiger partial charge is 0.493 e. The third kappa shape index (κ3) is 6.13. The maximum absolute atomic E-state index is 12.2. The molecule has 0 spiro atoms. The van der Waals surface area contributed by atoms with Gasteiger partial charge in [-0.3, -0.25) is 14.9 Å². The Kier molecular flexibility index (Phi) is 8.09. The number of thiazole rings is 1. The van der Waals surface area contributed by atoms with Crippen molar-refractivity contribution in [3.05, 3.63) is 47.3 Å². The van der Waals surface area contributed by atoms with Crippen LogP contribution in [0.2, 0.25) is 0 Å². The Morgan fingerprint density at radius 1 is 0.879 bits per heavy atom. The third-order valence-electron chi connectivity index (χ3n) is 4.59. The van der Waals surface area contributed by atoms with Crippen LogP contribution in [-0.4, -0.2) is 51.9 Å². The monoisotopic (exact) mass is 472 g/mol. The highest BCUT2D eigenvalue weighted by Gasteiger charge is 2.14. The number of methoxy groups -OCH3 is 4. The number of carbonyl (C=O) groups is 2. The summed E-state index contributed by atoms with van der Waals surface area (Å²) < 4.78 is 26.0. The minimum absolute atomic E-state index is 0.00562. The SMILES string of the molecule is COc1ccc(CC(=O)OCC(=O)Nc2nc(-c3ccc(OC)c(OC)c3)cs2)cc1OC. The summed E-state index contributed by atoms with van der Waals surface area (Å²) in [6, 6.07) is 10.5. The minimum atomic E-state index is -0.539. The summed E-state index contributed by atoms with van der Waals surface area (Å²) in [4.78, 5) is 28.7. The number of benzene rings is 2. The zero-order valence-electron chi connectivity index (χ0n) is 18.7. The number of nitrogens with zero attached hydrogens (tertiary/aromatic N) is 1. The van der Waals surface area contributed by atoms with Gasteiger partial charge in [-0.1, -0.05) is 6.07 Å². The van der Waals surface area contributed by atoms with Crippen LogP contribution in [0.3, 0.4) is 0 Å². The fourth-order valence-corrected chi connectivity index (χ4v) is 3.70. The van der Waals surface area contributed by atoms with E-state index in [9.17, 15) is 9.59 Å². The van der Waals surface area contributed by atoms with Crippen LogP contribution in [0.4, 0.5) is 5.13 Å². The molecule has 0 atom stereocenters. The van der Waals surface area contributed by atoms with E-state index in [4.69, 9.17) is 23.7 Å². The molecule has 9 nitrogen and oxygen atoms in total. The lowest BCUT2D eigenvalue weighted by molar-refractivity contribution is -0.146. The van der Waals surface area contributed by atoms with Crippen molar-refractivity contribution in [2.45, 2.75) is 6.42 Å². The molecule has 1 aromatic heterocycles. The van der Waals surface area contributed by atoms with E-state index in [2.05, 4.69) is 10.3 Å². The van der Waals surface area contributed by atoms with Crippen LogP contribution in [0, 0.1) is 0 Å². The zero-order valence-corrected chi connectivity index (χ0v) is 19.5.